The molecule has 0 spiro atoms. The molecule has 19 heavy (non-hydrogen) atoms. The zero-order valence-corrected chi connectivity index (χ0v) is 10.3. The van der Waals surface area contributed by atoms with E-state index in [0.29, 0.717) is 17.9 Å². The Morgan fingerprint density at radius 1 is 1.16 bits per heavy atom. The van der Waals surface area contributed by atoms with E-state index in [0.717, 1.165) is 16.5 Å². The fourth-order valence-electron chi connectivity index (χ4n) is 2.15. The average molecular weight is 255 g/mol. The van der Waals surface area contributed by atoms with Gasteiger partial charge in [0.25, 0.3) is 0 Å². The lowest BCUT2D eigenvalue weighted by Crippen LogP contribution is -2.02. The number of hydrogen-bond acceptors (Lipinski definition) is 2. The van der Waals surface area contributed by atoms with Gasteiger partial charge in [-0.1, -0.05) is 18.2 Å². The van der Waals surface area contributed by atoms with E-state index >= 15 is 0 Å². The van der Waals surface area contributed by atoms with Gasteiger partial charge in [0.1, 0.15) is 5.82 Å². The Balaban J connectivity index is 1.84. The number of halogens is 1. The number of nitrogen functional groups attached to an aromatic ring is 1. The van der Waals surface area contributed by atoms with Gasteiger partial charge in [-0.25, -0.2) is 4.39 Å². The van der Waals surface area contributed by atoms with Gasteiger partial charge in [0.2, 0.25) is 0 Å². The number of aromatic amines is 1. The molecule has 0 bridgehead atoms. The SMILES string of the molecule is Nc1ccc(F)cc1NCc1c[nH]c2ccccc12. The van der Waals surface area contributed by atoms with Gasteiger partial charge in [-0.05, 0) is 29.8 Å². The first kappa shape index (κ1) is 11.6. The molecule has 1 heterocycles. The van der Waals surface area contributed by atoms with Crippen molar-refractivity contribution in [2.75, 3.05) is 11.1 Å². The molecule has 0 radical (unpaired) electrons. The zero-order chi connectivity index (χ0) is 13.2. The fraction of sp³-hybridized carbons (Fsp3) is 0.0667. The number of nitrogens with two attached hydrogens (primary N) is 1. The van der Waals surface area contributed by atoms with Crippen LogP contribution in [0.5, 0.6) is 0 Å². The molecular weight excluding hydrogens is 241 g/mol. The van der Waals surface area contributed by atoms with Crippen molar-refractivity contribution < 1.29 is 4.39 Å². The van der Waals surface area contributed by atoms with Crippen LogP contribution in [0.25, 0.3) is 10.9 Å². The molecule has 0 amide bonds. The summed E-state index contributed by atoms with van der Waals surface area (Å²) in [5.74, 6) is -0.296. The zero-order valence-electron chi connectivity index (χ0n) is 10.3. The average Bonchev–Trinajstić information content (AvgIpc) is 2.83. The van der Waals surface area contributed by atoms with Crippen molar-refractivity contribution in [2.24, 2.45) is 0 Å². The lowest BCUT2D eigenvalue weighted by atomic mass is 10.1. The summed E-state index contributed by atoms with van der Waals surface area (Å²) in [7, 11) is 0. The molecule has 4 N–H and O–H groups in total. The summed E-state index contributed by atoms with van der Waals surface area (Å²) < 4.78 is 13.2. The Hall–Kier alpha value is -2.49. The van der Waals surface area contributed by atoms with Crippen LogP contribution in [-0.4, -0.2) is 4.98 Å². The lowest BCUT2D eigenvalue weighted by molar-refractivity contribution is 0.628. The first-order valence-corrected chi connectivity index (χ1v) is 6.08. The summed E-state index contributed by atoms with van der Waals surface area (Å²) in [5.41, 5.74) is 9.18. The smallest absolute Gasteiger partial charge is 0.125 e. The first-order chi connectivity index (χ1) is 9.24. The highest BCUT2D eigenvalue weighted by molar-refractivity contribution is 5.83. The monoisotopic (exact) mass is 255 g/mol. The van der Waals surface area contributed by atoms with Gasteiger partial charge < -0.3 is 16.0 Å². The Kier molecular flexibility index (Phi) is 2.83. The first-order valence-electron chi connectivity index (χ1n) is 6.08. The van der Waals surface area contributed by atoms with E-state index in [4.69, 9.17) is 5.73 Å². The van der Waals surface area contributed by atoms with E-state index in [1.165, 1.54) is 12.1 Å². The van der Waals surface area contributed by atoms with Crippen molar-refractivity contribution in [3.63, 3.8) is 0 Å². The molecule has 0 fully saturated rings. The van der Waals surface area contributed by atoms with Crippen LogP contribution in [-0.2, 0) is 6.54 Å². The van der Waals surface area contributed by atoms with Crippen LogP contribution >= 0.6 is 0 Å². The van der Waals surface area contributed by atoms with Crippen molar-refractivity contribution in [2.45, 2.75) is 6.54 Å². The maximum Gasteiger partial charge on any atom is 0.125 e. The quantitative estimate of drug-likeness (QED) is 0.627. The van der Waals surface area contributed by atoms with Gasteiger partial charge >= 0.3 is 0 Å². The van der Waals surface area contributed by atoms with E-state index < -0.39 is 0 Å². The van der Waals surface area contributed by atoms with Gasteiger partial charge in [0.15, 0.2) is 0 Å². The van der Waals surface area contributed by atoms with Gasteiger partial charge in [-0.15, -0.1) is 0 Å². The number of fused-ring (bicyclic) bond motifs is 1. The normalized spacial score (nSPS) is 10.8. The molecule has 0 aliphatic heterocycles. The number of benzene rings is 2. The molecule has 2 aromatic carbocycles. The lowest BCUT2D eigenvalue weighted by Gasteiger charge is -2.08. The van der Waals surface area contributed by atoms with E-state index in [1.54, 1.807) is 6.07 Å². The van der Waals surface area contributed by atoms with Crippen molar-refractivity contribution in [3.8, 4) is 0 Å². The Morgan fingerprint density at radius 2 is 2.00 bits per heavy atom. The molecule has 0 aliphatic rings. The third-order valence-electron chi connectivity index (χ3n) is 3.16. The molecule has 0 aliphatic carbocycles. The third kappa shape index (κ3) is 2.25. The van der Waals surface area contributed by atoms with Crippen LogP contribution in [0.3, 0.4) is 0 Å². The largest absolute Gasteiger partial charge is 0.397 e. The summed E-state index contributed by atoms with van der Waals surface area (Å²) in [6.45, 7) is 0.595. The van der Waals surface area contributed by atoms with E-state index in [9.17, 15) is 4.39 Å². The number of H-pyrrole nitrogens is 1. The molecule has 1 aromatic heterocycles. The Morgan fingerprint density at radius 3 is 2.89 bits per heavy atom. The highest BCUT2D eigenvalue weighted by Crippen LogP contribution is 2.22. The van der Waals surface area contributed by atoms with Crippen molar-refractivity contribution in [1.29, 1.82) is 0 Å². The number of para-hydroxylation sites is 1. The Labute approximate surface area is 110 Å². The molecule has 3 nitrogen and oxygen atoms in total. The second-order valence-electron chi connectivity index (χ2n) is 4.44. The maximum atomic E-state index is 13.2. The number of nitrogens with one attached hydrogen (secondary N) is 2. The fourth-order valence-corrected chi connectivity index (χ4v) is 2.15. The van der Waals surface area contributed by atoms with Crippen LogP contribution in [0.15, 0.2) is 48.7 Å². The van der Waals surface area contributed by atoms with E-state index in [1.807, 2.05) is 24.4 Å². The molecule has 0 atom stereocenters. The van der Waals surface area contributed by atoms with E-state index in [2.05, 4.69) is 16.4 Å². The number of aromatic nitrogens is 1. The van der Waals surface area contributed by atoms with Crippen LogP contribution in [0.1, 0.15) is 5.56 Å². The topological polar surface area (TPSA) is 53.8 Å². The molecule has 3 aromatic rings. The summed E-state index contributed by atoms with van der Waals surface area (Å²) in [4.78, 5) is 3.21. The van der Waals surface area contributed by atoms with Crippen LogP contribution in [0, 0.1) is 5.82 Å². The standard InChI is InChI=1S/C15H14FN3/c16-11-5-6-13(17)15(7-11)19-9-10-8-18-14-4-2-1-3-12(10)14/h1-8,18-19H,9,17H2. The van der Waals surface area contributed by atoms with Gasteiger partial charge in [0, 0.05) is 23.6 Å². The van der Waals surface area contributed by atoms with Crippen molar-refractivity contribution in [1.82, 2.24) is 4.98 Å². The van der Waals surface area contributed by atoms with Crippen molar-refractivity contribution in [3.05, 3.63) is 60.0 Å². The van der Waals surface area contributed by atoms with Gasteiger partial charge in [0.05, 0.1) is 11.4 Å². The molecule has 4 heteroatoms. The number of hydrogen-bond donors (Lipinski definition) is 3. The van der Waals surface area contributed by atoms with Crippen LogP contribution < -0.4 is 11.1 Å². The number of anilines is 2. The minimum atomic E-state index is -0.296. The summed E-state index contributed by atoms with van der Waals surface area (Å²) in [6.07, 6.45) is 1.95. The second-order valence-corrected chi connectivity index (χ2v) is 4.44. The van der Waals surface area contributed by atoms with Gasteiger partial charge in [-0.3, -0.25) is 0 Å². The minimum absolute atomic E-state index is 0.296. The molecular formula is C15H14FN3. The molecule has 0 unspecified atom stereocenters. The highest BCUT2D eigenvalue weighted by Gasteiger charge is 2.04. The second kappa shape index (κ2) is 4.65. The summed E-state index contributed by atoms with van der Waals surface area (Å²) in [5, 5.41) is 4.32. The van der Waals surface area contributed by atoms with Crippen LogP contribution in [0.2, 0.25) is 0 Å². The third-order valence-corrected chi connectivity index (χ3v) is 3.16. The molecule has 3 rings (SSSR count). The van der Waals surface area contributed by atoms with Gasteiger partial charge in [-0.2, -0.15) is 0 Å². The van der Waals surface area contributed by atoms with E-state index in [-0.39, 0.29) is 5.82 Å². The molecule has 96 valence electrons. The summed E-state index contributed by atoms with van der Waals surface area (Å²) >= 11 is 0. The Bertz CT molecular complexity index is 718. The molecule has 0 saturated carbocycles. The predicted octanol–water partition coefficient (Wildman–Crippen LogP) is 3.50. The molecule has 0 saturated heterocycles. The maximum absolute atomic E-state index is 13.2. The van der Waals surface area contributed by atoms with Crippen LogP contribution in [0.4, 0.5) is 15.8 Å². The minimum Gasteiger partial charge on any atom is -0.397 e. The predicted molar refractivity (Wildman–Crippen MR) is 76.4 cm³/mol. The van der Waals surface area contributed by atoms with Crippen molar-refractivity contribution >= 4 is 22.3 Å². The number of rotatable bonds is 3. The summed E-state index contributed by atoms with van der Waals surface area (Å²) in [6, 6.07) is 12.4. The highest BCUT2D eigenvalue weighted by atomic mass is 19.1.